The number of carbonyl (C=O) groups excluding carboxylic acids is 6. The molecule has 0 unspecified atom stereocenters. The van der Waals surface area contributed by atoms with Crippen molar-refractivity contribution in [3.05, 3.63) is 132 Å². The maximum absolute atomic E-state index is 12.6. The van der Waals surface area contributed by atoms with Crippen LogP contribution in [0.1, 0.15) is 103 Å². The van der Waals surface area contributed by atoms with Gasteiger partial charge in [0, 0.05) is 86.0 Å². The lowest BCUT2D eigenvalue weighted by Gasteiger charge is -2.27. The molecule has 0 aliphatic carbocycles. The molecule has 4 aromatic rings. The third-order valence-electron chi connectivity index (χ3n) is 12.9. The SMILES string of the molecule is CC1(C)C(/C=C/C=C/C=C/C=C2/N(CCCCC(=O)ON3C(=O)CCC3=O)c3ccc4ccccc4c3C2(C)C)=[N+](CCCCC(=O)ON2C(=O)CCC2=O)c2ccc3ccccc3c21. The topological polar surface area (TPSA) is 134 Å². The number of anilines is 1. The van der Waals surface area contributed by atoms with Crippen LogP contribution in [0.2, 0.25) is 0 Å². The quantitative estimate of drug-likeness (QED) is 0.0468. The zero-order chi connectivity index (χ0) is 45.9. The van der Waals surface area contributed by atoms with Crippen molar-refractivity contribution in [2.45, 2.75) is 103 Å². The average molecular weight is 876 g/mol. The van der Waals surface area contributed by atoms with Crippen molar-refractivity contribution in [2.24, 2.45) is 0 Å². The Kier molecular flexibility index (Phi) is 12.8. The Morgan fingerprint density at radius 3 is 1.74 bits per heavy atom. The molecule has 65 heavy (non-hydrogen) atoms. The van der Waals surface area contributed by atoms with Crippen LogP contribution in [0.25, 0.3) is 21.5 Å². The minimum Gasteiger partial charge on any atom is -0.344 e. The Hall–Kier alpha value is -6.95. The van der Waals surface area contributed by atoms with E-state index in [-0.39, 0.29) is 49.4 Å². The number of hydrogen-bond donors (Lipinski definition) is 0. The monoisotopic (exact) mass is 875 g/mol. The summed E-state index contributed by atoms with van der Waals surface area (Å²) in [5.74, 6) is -3.10. The van der Waals surface area contributed by atoms with Crippen LogP contribution in [0.5, 0.6) is 0 Å². The van der Waals surface area contributed by atoms with Gasteiger partial charge in [-0.1, -0.05) is 98.8 Å². The van der Waals surface area contributed by atoms with E-state index in [1.54, 1.807) is 0 Å². The molecular weight excluding hydrogens is 821 g/mol. The highest BCUT2D eigenvalue weighted by molar-refractivity contribution is 6.08. The first-order chi connectivity index (χ1) is 31.3. The lowest BCUT2D eigenvalue weighted by molar-refractivity contribution is -0.438. The molecule has 0 saturated carbocycles. The maximum atomic E-state index is 12.6. The van der Waals surface area contributed by atoms with Gasteiger partial charge in [-0.3, -0.25) is 19.2 Å². The number of allylic oxidation sites excluding steroid dienone is 8. The van der Waals surface area contributed by atoms with Crippen molar-refractivity contribution in [3.8, 4) is 0 Å². The zero-order valence-electron chi connectivity index (χ0n) is 37.5. The second-order valence-electron chi connectivity index (χ2n) is 18.0. The predicted molar refractivity (Wildman–Crippen MR) is 249 cm³/mol. The minimum atomic E-state index is -0.588. The van der Waals surface area contributed by atoms with Crippen LogP contribution >= 0.6 is 0 Å². The molecule has 4 aliphatic rings. The number of hydroxylamine groups is 4. The molecule has 0 atom stereocenters. The van der Waals surface area contributed by atoms with Gasteiger partial charge >= 0.3 is 11.9 Å². The lowest BCUT2D eigenvalue weighted by Crippen LogP contribution is -2.32. The van der Waals surface area contributed by atoms with Crippen LogP contribution in [0.15, 0.2) is 121 Å². The van der Waals surface area contributed by atoms with Crippen LogP contribution in [-0.2, 0) is 49.3 Å². The molecule has 4 aromatic carbocycles. The fourth-order valence-corrected chi connectivity index (χ4v) is 9.73. The first-order valence-electron chi connectivity index (χ1n) is 22.6. The highest BCUT2D eigenvalue weighted by Gasteiger charge is 2.45. The summed E-state index contributed by atoms with van der Waals surface area (Å²) in [5.41, 5.74) is 6.40. The fraction of sp³-hybridized carbons (Fsp3) is 0.340. The summed E-state index contributed by atoms with van der Waals surface area (Å²) in [7, 11) is 0. The van der Waals surface area contributed by atoms with Crippen LogP contribution in [0, 0.1) is 0 Å². The molecule has 4 amide bonds. The highest BCUT2D eigenvalue weighted by Crippen LogP contribution is 2.51. The van der Waals surface area contributed by atoms with Crippen molar-refractivity contribution >= 4 is 74.2 Å². The summed E-state index contributed by atoms with van der Waals surface area (Å²) in [6, 6.07) is 25.5. The Morgan fingerprint density at radius 1 is 0.600 bits per heavy atom. The van der Waals surface area contributed by atoms with Gasteiger partial charge < -0.3 is 14.6 Å². The van der Waals surface area contributed by atoms with Crippen molar-refractivity contribution in [1.82, 2.24) is 10.1 Å². The van der Waals surface area contributed by atoms with E-state index in [2.05, 4.69) is 134 Å². The lowest BCUT2D eigenvalue weighted by atomic mass is 9.79. The summed E-state index contributed by atoms with van der Waals surface area (Å²) in [5, 5.41) is 5.96. The molecule has 2 fully saturated rings. The maximum Gasteiger partial charge on any atom is 0.333 e. The fourth-order valence-electron chi connectivity index (χ4n) is 9.73. The largest absolute Gasteiger partial charge is 0.344 e. The van der Waals surface area contributed by atoms with E-state index in [1.165, 1.54) is 32.7 Å². The van der Waals surface area contributed by atoms with E-state index in [1.807, 2.05) is 18.2 Å². The molecule has 4 heterocycles. The molecule has 12 heteroatoms. The van der Waals surface area contributed by atoms with Crippen molar-refractivity contribution in [1.29, 1.82) is 0 Å². The van der Waals surface area contributed by atoms with E-state index in [0.717, 1.165) is 22.8 Å². The summed E-state index contributed by atoms with van der Waals surface area (Å²) in [6.45, 7) is 10.3. The molecule has 0 N–H and O–H groups in total. The summed E-state index contributed by atoms with van der Waals surface area (Å²) >= 11 is 0. The van der Waals surface area contributed by atoms with Gasteiger partial charge in [0.15, 0.2) is 5.71 Å². The van der Waals surface area contributed by atoms with Crippen molar-refractivity contribution in [3.63, 3.8) is 0 Å². The standard InChI is InChI=1S/C53H55N4O8/c1-52(2)42(54(40-28-26-36-18-10-12-20-38(36)50(40)52)34-16-14-24-48(62)64-56-44(58)30-31-45(56)59)22-8-6-5-7-9-23-43-53(3,4)51-39-21-13-11-19-37(39)27-29-41(51)55(43)35-17-15-25-49(63)65-57-46(60)32-33-47(57)61/h5-13,18-23,26-29H,14-17,24-25,30-35H2,1-4H3/q+1. The summed E-state index contributed by atoms with van der Waals surface area (Å²) in [4.78, 5) is 85.4. The highest BCUT2D eigenvalue weighted by atomic mass is 16.7. The van der Waals surface area contributed by atoms with Gasteiger partial charge in [0.2, 0.25) is 5.69 Å². The van der Waals surface area contributed by atoms with Gasteiger partial charge in [0.25, 0.3) is 23.6 Å². The number of fused-ring (bicyclic) bond motifs is 6. The van der Waals surface area contributed by atoms with E-state index >= 15 is 0 Å². The molecular formula is C53H55N4O8+. The first-order valence-corrected chi connectivity index (χ1v) is 22.6. The van der Waals surface area contributed by atoms with E-state index in [0.29, 0.717) is 48.9 Å². The Morgan fingerprint density at radius 2 is 1.12 bits per heavy atom. The number of rotatable bonds is 16. The van der Waals surface area contributed by atoms with Gasteiger partial charge in [-0.05, 0) is 78.4 Å². The molecule has 0 radical (unpaired) electrons. The summed E-state index contributed by atoms with van der Waals surface area (Å²) in [6.07, 6.45) is 17.4. The van der Waals surface area contributed by atoms with Gasteiger partial charge in [-0.15, -0.1) is 10.1 Å². The summed E-state index contributed by atoms with van der Waals surface area (Å²) < 4.78 is 2.34. The average Bonchev–Trinajstić information content (AvgIpc) is 3.92. The van der Waals surface area contributed by atoms with Crippen molar-refractivity contribution < 1.29 is 43.0 Å². The minimum absolute atomic E-state index is 0.0624. The number of imide groups is 2. The number of nitrogens with zero attached hydrogens (tertiary/aromatic N) is 4. The Balaban J connectivity index is 0.974. The van der Waals surface area contributed by atoms with Crippen LogP contribution in [0.3, 0.4) is 0 Å². The first kappa shape index (κ1) is 44.6. The van der Waals surface area contributed by atoms with Crippen LogP contribution in [0.4, 0.5) is 11.4 Å². The second kappa shape index (κ2) is 18.6. The van der Waals surface area contributed by atoms with Crippen LogP contribution in [-0.4, -0.2) is 69.1 Å². The van der Waals surface area contributed by atoms with Crippen molar-refractivity contribution in [2.75, 3.05) is 18.0 Å². The van der Waals surface area contributed by atoms with E-state index < -0.39 is 35.6 Å². The predicted octanol–water partition coefficient (Wildman–Crippen LogP) is 9.27. The molecule has 0 bridgehead atoms. The number of carbonyl (C=O) groups is 6. The van der Waals surface area contributed by atoms with E-state index in [4.69, 9.17) is 9.68 Å². The van der Waals surface area contributed by atoms with Gasteiger partial charge in [-0.25, -0.2) is 9.59 Å². The number of unbranched alkanes of at least 4 members (excludes halogenated alkanes) is 2. The molecule has 4 aliphatic heterocycles. The third kappa shape index (κ3) is 8.94. The van der Waals surface area contributed by atoms with Gasteiger partial charge in [0.05, 0.1) is 5.41 Å². The number of amides is 4. The molecule has 8 rings (SSSR count). The normalized spacial score (nSPS) is 18.6. The molecule has 334 valence electrons. The Bertz CT molecular complexity index is 2740. The van der Waals surface area contributed by atoms with Gasteiger partial charge in [-0.2, -0.15) is 4.58 Å². The molecule has 12 nitrogen and oxygen atoms in total. The third-order valence-corrected chi connectivity index (χ3v) is 12.9. The smallest absolute Gasteiger partial charge is 0.333 e. The van der Waals surface area contributed by atoms with Gasteiger partial charge in [0.1, 0.15) is 6.54 Å². The van der Waals surface area contributed by atoms with Crippen LogP contribution < -0.4 is 4.90 Å². The number of hydrogen-bond acceptors (Lipinski definition) is 9. The molecule has 0 spiro atoms. The number of benzene rings is 4. The molecule has 0 aromatic heterocycles. The molecule has 2 saturated heterocycles. The second-order valence-corrected chi connectivity index (χ2v) is 18.0. The van der Waals surface area contributed by atoms with E-state index in [9.17, 15) is 28.8 Å². The zero-order valence-corrected chi connectivity index (χ0v) is 37.5. The Labute approximate surface area is 379 Å².